The zero-order chi connectivity index (χ0) is 22.9. The van der Waals surface area contributed by atoms with Crippen molar-refractivity contribution in [2.24, 2.45) is 0 Å². The maximum Gasteiger partial charge on any atom is 0.137 e. The highest BCUT2D eigenvalue weighted by molar-refractivity contribution is 6.26. The van der Waals surface area contributed by atoms with Gasteiger partial charge in [0.1, 0.15) is 5.82 Å². The fourth-order valence-corrected chi connectivity index (χ4v) is 5.77. The van der Waals surface area contributed by atoms with Gasteiger partial charge in [0.25, 0.3) is 0 Å². The predicted octanol–water partition coefficient (Wildman–Crippen LogP) is 8.15. The van der Waals surface area contributed by atoms with Crippen molar-refractivity contribution >= 4 is 43.6 Å². The molecule has 1 fully saturated rings. The van der Waals surface area contributed by atoms with Gasteiger partial charge in [0.2, 0.25) is 0 Å². The SMILES string of the molecule is c1ccc(-n2c3ccccc3c3c2ccc2c4ccccc4n(-c4cccc(C5CC5)n4)c23)cc1. The van der Waals surface area contributed by atoms with E-state index in [4.69, 9.17) is 4.98 Å². The summed E-state index contributed by atoms with van der Waals surface area (Å²) in [5, 5.41) is 5.07. The van der Waals surface area contributed by atoms with Crippen LogP contribution in [-0.4, -0.2) is 14.1 Å². The van der Waals surface area contributed by atoms with E-state index in [1.165, 1.54) is 67.8 Å². The third-order valence-electron chi connectivity index (χ3n) is 7.46. The number of hydrogen-bond acceptors (Lipinski definition) is 1. The van der Waals surface area contributed by atoms with Crippen molar-refractivity contribution in [3.63, 3.8) is 0 Å². The summed E-state index contributed by atoms with van der Waals surface area (Å²) in [6.07, 6.45) is 2.50. The lowest BCUT2D eigenvalue weighted by atomic mass is 10.1. The highest BCUT2D eigenvalue weighted by atomic mass is 15.1. The number of hydrogen-bond donors (Lipinski definition) is 0. The lowest BCUT2D eigenvalue weighted by Gasteiger charge is -2.10. The molecule has 166 valence electrons. The molecule has 3 nitrogen and oxygen atoms in total. The number of rotatable bonds is 3. The summed E-state index contributed by atoms with van der Waals surface area (Å²) in [5.41, 5.74) is 7.26. The Morgan fingerprint density at radius 3 is 2.06 bits per heavy atom. The Hall–Kier alpha value is -4.37. The van der Waals surface area contributed by atoms with Crippen molar-refractivity contribution in [1.82, 2.24) is 14.1 Å². The minimum absolute atomic E-state index is 0.614. The molecule has 4 aromatic carbocycles. The molecule has 1 saturated carbocycles. The van der Waals surface area contributed by atoms with E-state index in [-0.39, 0.29) is 0 Å². The van der Waals surface area contributed by atoms with E-state index >= 15 is 0 Å². The summed E-state index contributed by atoms with van der Waals surface area (Å²) < 4.78 is 4.78. The third kappa shape index (κ3) is 2.69. The first-order valence-electron chi connectivity index (χ1n) is 12.4. The van der Waals surface area contributed by atoms with E-state index in [9.17, 15) is 0 Å². The van der Waals surface area contributed by atoms with Gasteiger partial charge in [-0.1, -0.05) is 66.7 Å². The van der Waals surface area contributed by atoms with E-state index in [0.29, 0.717) is 5.92 Å². The van der Waals surface area contributed by atoms with Crippen LogP contribution in [0.15, 0.2) is 109 Å². The average molecular weight is 450 g/mol. The third-order valence-corrected chi connectivity index (χ3v) is 7.46. The molecule has 1 aliphatic carbocycles. The van der Waals surface area contributed by atoms with Gasteiger partial charge in [0.15, 0.2) is 0 Å². The van der Waals surface area contributed by atoms with Gasteiger partial charge in [0, 0.05) is 38.8 Å². The molecule has 1 aliphatic rings. The van der Waals surface area contributed by atoms with Crippen LogP contribution in [0.3, 0.4) is 0 Å². The second kappa shape index (κ2) is 7.07. The van der Waals surface area contributed by atoms with Gasteiger partial charge in [-0.3, -0.25) is 4.57 Å². The van der Waals surface area contributed by atoms with Crippen LogP contribution in [0.4, 0.5) is 0 Å². The van der Waals surface area contributed by atoms with Crippen molar-refractivity contribution in [3.05, 3.63) is 115 Å². The van der Waals surface area contributed by atoms with Crippen LogP contribution in [0.25, 0.3) is 55.1 Å². The molecule has 3 heteroatoms. The number of para-hydroxylation sites is 3. The van der Waals surface area contributed by atoms with E-state index in [0.717, 1.165) is 5.82 Å². The van der Waals surface area contributed by atoms with Crippen molar-refractivity contribution < 1.29 is 0 Å². The Balaban J connectivity index is 1.59. The molecule has 35 heavy (non-hydrogen) atoms. The molecule has 0 saturated heterocycles. The van der Waals surface area contributed by atoms with Gasteiger partial charge in [-0.25, -0.2) is 4.98 Å². The van der Waals surface area contributed by atoms with Crippen LogP contribution in [-0.2, 0) is 0 Å². The quantitative estimate of drug-likeness (QED) is 0.267. The molecule has 0 unspecified atom stereocenters. The summed E-state index contributed by atoms with van der Waals surface area (Å²) in [4.78, 5) is 5.19. The van der Waals surface area contributed by atoms with Crippen LogP contribution >= 0.6 is 0 Å². The largest absolute Gasteiger partial charge is 0.309 e. The van der Waals surface area contributed by atoms with Crippen molar-refractivity contribution in [2.45, 2.75) is 18.8 Å². The predicted molar refractivity (Wildman–Crippen MR) is 145 cm³/mol. The number of nitrogens with zero attached hydrogens (tertiary/aromatic N) is 3. The number of aromatic nitrogens is 3. The van der Waals surface area contributed by atoms with Gasteiger partial charge in [-0.15, -0.1) is 0 Å². The first-order chi connectivity index (χ1) is 17.4. The van der Waals surface area contributed by atoms with Gasteiger partial charge in [-0.2, -0.15) is 0 Å². The zero-order valence-electron chi connectivity index (χ0n) is 19.2. The van der Waals surface area contributed by atoms with E-state index in [1.807, 2.05) is 0 Å². The molecule has 0 aliphatic heterocycles. The summed E-state index contributed by atoms with van der Waals surface area (Å²) in [5.74, 6) is 1.62. The van der Waals surface area contributed by atoms with Crippen LogP contribution in [0.1, 0.15) is 24.5 Å². The standard InChI is InChI=1S/C32H23N3/c1-2-9-22(10-3-1)34-28-15-7-5-12-25(28)31-29(34)20-19-24-23-11-4-6-14-27(23)35(32(24)31)30-16-8-13-26(33-30)21-17-18-21/h1-16,19-21H,17-18H2. The Labute approximate surface area is 202 Å². The molecule has 0 bridgehead atoms. The Kier molecular flexibility index (Phi) is 3.83. The number of benzene rings is 4. The van der Waals surface area contributed by atoms with Crippen LogP contribution in [0, 0.1) is 0 Å². The lowest BCUT2D eigenvalue weighted by Crippen LogP contribution is -2.00. The molecule has 8 rings (SSSR count). The number of pyridine rings is 1. The summed E-state index contributed by atoms with van der Waals surface area (Å²) in [6.45, 7) is 0. The van der Waals surface area contributed by atoms with Crippen LogP contribution in [0.5, 0.6) is 0 Å². The van der Waals surface area contributed by atoms with Crippen LogP contribution in [0.2, 0.25) is 0 Å². The maximum absolute atomic E-state index is 5.19. The molecule has 0 spiro atoms. The normalized spacial score (nSPS) is 13.9. The second-order valence-electron chi connectivity index (χ2n) is 9.59. The van der Waals surface area contributed by atoms with Crippen molar-refractivity contribution in [2.75, 3.05) is 0 Å². The summed E-state index contributed by atoms with van der Waals surface area (Å²) in [7, 11) is 0. The van der Waals surface area contributed by atoms with Gasteiger partial charge in [-0.05, 0) is 55.3 Å². The van der Waals surface area contributed by atoms with Crippen molar-refractivity contribution in [3.8, 4) is 11.5 Å². The molecular formula is C32H23N3. The van der Waals surface area contributed by atoms with Gasteiger partial charge < -0.3 is 4.57 Å². The molecule has 0 atom stereocenters. The Bertz CT molecular complexity index is 1900. The first-order valence-corrected chi connectivity index (χ1v) is 12.4. The van der Waals surface area contributed by atoms with Gasteiger partial charge >= 0.3 is 0 Å². The zero-order valence-corrected chi connectivity index (χ0v) is 19.2. The molecule has 3 aromatic heterocycles. The first kappa shape index (κ1) is 19.0. The number of fused-ring (bicyclic) bond motifs is 7. The summed E-state index contributed by atoms with van der Waals surface area (Å²) in [6, 6.07) is 39.3. The fourth-order valence-electron chi connectivity index (χ4n) is 5.77. The molecule has 0 radical (unpaired) electrons. The van der Waals surface area contributed by atoms with E-state index in [2.05, 4.69) is 118 Å². The molecule has 3 heterocycles. The fraction of sp³-hybridized carbons (Fsp3) is 0.0938. The average Bonchev–Trinajstić information content (AvgIpc) is 3.64. The second-order valence-corrected chi connectivity index (χ2v) is 9.59. The van der Waals surface area contributed by atoms with E-state index < -0.39 is 0 Å². The Morgan fingerprint density at radius 2 is 1.26 bits per heavy atom. The maximum atomic E-state index is 5.19. The van der Waals surface area contributed by atoms with Crippen molar-refractivity contribution in [1.29, 1.82) is 0 Å². The minimum atomic E-state index is 0.614. The highest BCUT2D eigenvalue weighted by Gasteiger charge is 2.26. The highest BCUT2D eigenvalue weighted by Crippen LogP contribution is 2.43. The lowest BCUT2D eigenvalue weighted by molar-refractivity contribution is 0.974. The molecule has 0 N–H and O–H groups in total. The topological polar surface area (TPSA) is 22.8 Å². The molecular weight excluding hydrogens is 426 g/mol. The minimum Gasteiger partial charge on any atom is -0.309 e. The van der Waals surface area contributed by atoms with Gasteiger partial charge in [0.05, 0.1) is 22.1 Å². The summed E-state index contributed by atoms with van der Waals surface area (Å²) >= 11 is 0. The smallest absolute Gasteiger partial charge is 0.137 e. The molecule has 0 amide bonds. The monoisotopic (exact) mass is 449 g/mol. The van der Waals surface area contributed by atoms with E-state index in [1.54, 1.807) is 0 Å². The molecule has 7 aromatic rings. The Morgan fingerprint density at radius 1 is 0.543 bits per heavy atom. The van der Waals surface area contributed by atoms with Crippen LogP contribution < -0.4 is 0 Å².